The average molecular weight is 321 g/mol. The Kier molecular flexibility index (Phi) is 4.19. The van der Waals surface area contributed by atoms with Crippen LogP contribution in [-0.2, 0) is 9.84 Å². The van der Waals surface area contributed by atoms with Crippen LogP contribution in [0, 0.1) is 0 Å². The van der Waals surface area contributed by atoms with Crippen LogP contribution in [-0.4, -0.2) is 33.6 Å². The van der Waals surface area contributed by atoms with Crippen molar-refractivity contribution in [3.63, 3.8) is 0 Å². The number of rotatable bonds is 4. The summed E-state index contributed by atoms with van der Waals surface area (Å²) in [5.74, 6) is 0.401. The minimum Gasteiger partial charge on any atom is -0.245 e. The van der Waals surface area contributed by atoms with Crippen molar-refractivity contribution in [3.05, 3.63) is 30.2 Å². The van der Waals surface area contributed by atoms with E-state index in [-0.39, 0.29) is 11.1 Å². The van der Waals surface area contributed by atoms with E-state index in [9.17, 15) is 8.42 Å². The molecule has 7 nitrogen and oxygen atoms in total. The molecule has 8 heteroatoms. The predicted octanol–water partition coefficient (Wildman–Crippen LogP) is 2.11. The molecule has 0 aromatic carbocycles. The summed E-state index contributed by atoms with van der Waals surface area (Å²) in [5.41, 5.74) is 0. The molecule has 0 spiro atoms. The summed E-state index contributed by atoms with van der Waals surface area (Å²) in [6.07, 6.45) is 6.94. The fourth-order valence-corrected chi connectivity index (χ4v) is 4.16. The van der Waals surface area contributed by atoms with Crippen LogP contribution in [0.25, 0.3) is 0 Å². The lowest BCUT2D eigenvalue weighted by Crippen LogP contribution is -2.22. The molecule has 1 atom stereocenters. The maximum Gasteiger partial charge on any atom is 0.205 e. The lowest BCUT2D eigenvalue weighted by molar-refractivity contribution is 0.316. The van der Waals surface area contributed by atoms with E-state index < -0.39 is 15.1 Å². The van der Waals surface area contributed by atoms with Crippen LogP contribution >= 0.6 is 0 Å². The van der Waals surface area contributed by atoms with Crippen molar-refractivity contribution in [1.82, 2.24) is 25.2 Å². The summed E-state index contributed by atoms with van der Waals surface area (Å²) in [6.45, 7) is 1.62. The molecule has 0 N–H and O–H groups in total. The van der Waals surface area contributed by atoms with E-state index in [2.05, 4.69) is 20.5 Å². The molecule has 1 aliphatic rings. The van der Waals surface area contributed by atoms with Gasteiger partial charge in [-0.15, -0.1) is 5.10 Å². The molecule has 1 saturated carbocycles. The molecule has 0 radical (unpaired) electrons. The second-order valence-electron chi connectivity index (χ2n) is 5.63. The van der Waals surface area contributed by atoms with Crippen molar-refractivity contribution >= 4 is 9.84 Å². The summed E-state index contributed by atoms with van der Waals surface area (Å²) in [7, 11) is -3.60. The lowest BCUT2D eigenvalue weighted by Gasteiger charge is -2.23. The van der Waals surface area contributed by atoms with Gasteiger partial charge in [-0.3, -0.25) is 0 Å². The Morgan fingerprint density at radius 3 is 2.68 bits per heavy atom. The fourth-order valence-electron chi connectivity index (χ4n) is 2.89. The van der Waals surface area contributed by atoms with Crippen LogP contribution in [0.3, 0.4) is 0 Å². The quantitative estimate of drug-likeness (QED) is 0.856. The zero-order valence-corrected chi connectivity index (χ0v) is 13.3. The molecule has 1 aliphatic carbocycles. The minimum atomic E-state index is -3.60. The van der Waals surface area contributed by atoms with E-state index >= 15 is 0 Å². The highest BCUT2D eigenvalue weighted by molar-refractivity contribution is 7.91. The number of hydrogen-bond acceptors (Lipinski definition) is 6. The van der Waals surface area contributed by atoms with Gasteiger partial charge in [-0.1, -0.05) is 25.3 Å². The molecule has 0 aliphatic heterocycles. The van der Waals surface area contributed by atoms with Gasteiger partial charge in [0.25, 0.3) is 0 Å². The van der Waals surface area contributed by atoms with Crippen LogP contribution < -0.4 is 0 Å². The standard InChI is InChI=1S/C14H19N5O2S/c1-11(22(20,21)13-9-5-6-10-15-13)14-16-17-18-19(14)12-7-3-2-4-8-12/h5-6,9-12H,2-4,7-8H2,1H3/t11-/m1/s1. The van der Waals surface area contributed by atoms with E-state index in [1.807, 2.05) is 0 Å². The summed E-state index contributed by atoms with van der Waals surface area (Å²) in [4.78, 5) is 3.96. The van der Waals surface area contributed by atoms with E-state index in [1.165, 1.54) is 18.7 Å². The Morgan fingerprint density at radius 2 is 2.00 bits per heavy atom. The van der Waals surface area contributed by atoms with Crippen LogP contribution in [0.15, 0.2) is 29.4 Å². The summed E-state index contributed by atoms with van der Waals surface area (Å²) >= 11 is 0. The van der Waals surface area contributed by atoms with Gasteiger partial charge in [0, 0.05) is 6.20 Å². The molecule has 118 valence electrons. The smallest absolute Gasteiger partial charge is 0.205 e. The molecule has 0 bridgehead atoms. The first-order chi connectivity index (χ1) is 10.6. The van der Waals surface area contributed by atoms with Gasteiger partial charge >= 0.3 is 0 Å². The number of sulfone groups is 1. The highest BCUT2D eigenvalue weighted by Gasteiger charge is 2.32. The van der Waals surface area contributed by atoms with E-state index in [0.717, 1.165) is 25.7 Å². The lowest BCUT2D eigenvalue weighted by atomic mass is 9.95. The highest BCUT2D eigenvalue weighted by atomic mass is 32.2. The van der Waals surface area contributed by atoms with Crippen molar-refractivity contribution in [2.75, 3.05) is 0 Å². The zero-order valence-electron chi connectivity index (χ0n) is 12.5. The molecule has 1 fully saturated rings. The summed E-state index contributed by atoms with van der Waals surface area (Å²) < 4.78 is 27.1. The first-order valence-corrected chi connectivity index (χ1v) is 9.08. The second-order valence-corrected chi connectivity index (χ2v) is 7.84. The van der Waals surface area contributed by atoms with Crippen molar-refractivity contribution in [2.45, 2.75) is 55.3 Å². The number of nitrogens with zero attached hydrogens (tertiary/aromatic N) is 5. The first-order valence-electron chi connectivity index (χ1n) is 7.53. The zero-order chi connectivity index (χ0) is 15.6. The average Bonchev–Trinajstić information content (AvgIpc) is 3.05. The maximum atomic E-state index is 12.7. The van der Waals surface area contributed by atoms with E-state index in [4.69, 9.17) is 0 Å². The third kappa shape index (κ3) is 2.75. The largest absolute Gasteiger partial charge is 0.245 e. The molecule has 0 saturated heterocycles. The van der Waals surface area contributed by atoms with Gasteiger partial charge in [-0.2, -0.15) is 0 Å². The number of tetrazole rings is 1. The Balaban J connectivity index is 1.93. The van der Waals surface area contributed by atoms with Crippen LogP contribution in [0.1, 0.15) is 56.1 Å². The van der Waals surface area contributed by atoms with Gasteiger partial charge in [0.05, 0.1) is 6.04 Å². The summed E-state index contributed by atoms with van der Waals surface area (Å²) in [5, 5.41) is 11.0. The van der Waals surface area contributed by atoms with Gasteiger partial charge in [0.1, 0.15) is 5.25 Å². The monoisotopic (exact) mass is 321 g/mol. The molecular formula is C14H19N5O2S. The van der Waals surface area contributed by atoms with Crippen molar-refractivity contribution in [3.8, 4) is 0 Å². The SMILES string of the molecule is C[C@H](c1nnnn1C1CCCCC1)S(=O)(=O)c1ccccn1. The molecule has 0 amide bonds. The topological polar surface area (TPSA) is 90.6 Å². The molecule has 0 unspecified atom stereocenters. The highest BCUT2D eigenvalue weighted by Crippen LogP contribution is 2.32. The summed E-state index contributed by atoms with van der Waals surface area (Å²) in [6, 6.07) is 5.05. The molecule has 22 heavy (non-hydrogen) atoms. The van der Waals surface area contributed by atoms with E-state index in [1.54, 1.807) is 23.7 Å². The van der Waals surface area contributed by atoms with Crippen molar-refractivity contribution < 1.29 is 8.42 Å². The first kappa shape index (κ1) is 15.1. The molecule has 2 aromatic heterocycles. The normalized spacial score (nSPS) is 18.2. The van der Waals surface area contributed by atoms with Crippen LogP contribution in [0.4, 0.5) is 0 Å². The third-order valence-corrected chi connectivity index (χ3v) is 6.16. The van der Waals surface area contributed by atoms with Gasteiger partial charge in [-0.05, 0) is 42.3 Å². The number of aromatic nitrogens is 5. The Labute approximate surface area is 129 Å². The van der Waals surface area contributed by atoms with Gasteiger partial charge in [-0.25, -0.2) is 18.1 Å². The number of pyridine rings is 1. The van der Waals surface area contributed by atoms with Gasteiger partial charge < -0.3 is 0 Å². The van der Waals surface area contributed by atoms with Crippen molar-refractivity contribution in [1.29, 1.82) is 0 Å². The predicted molar refractivity (Wildman–Crippen MR) is 79.8 cm³/mol. The van der Waals surface area contributed by atoms with E-state index in [0.29, 0.717) is 5.82 Å². The van der Waals surface area contributed by atoms with Crippen LogP contribution in [0.5, 0.6) is 0 Å². The van der Waals surface area contributed by atoms with Crippen molar-refractivity contribution in [2.24, 2.45) is 0 Å². The second kappa shape index (κ2) is 6.12. The van der Waals surface area contributed by atoms with Gasteiger partial charge in [0.15, 0.2) is 10.9 Å². The van der Waals surface area contributed by atoms with Crippen LogP contribution in [0.2, 0.25) is 0 Å². The minimum absolute atomic E-state index is 0.0562. The third-order valence-electron chi connectivity index (χ3n) is 4.20. The Morgan fingerprint density at radius 1 is 1.23 bits per heavy atom. The molecule has 2 aromatic rings. The molecular weight excluding hydrogens is 302 g/mol. The number of hydrogen-bond donors (Lipinski definition) is 0. The Hall–Kier alpha value is -1.83. The fraction of sp³-hybridized carbons (Fsp3) is 0.571. The molecule has 3 rings (SSSR count). The van der Waals surface area contributed by atoms with Gasteiger partial charge in [0.2, 0.25) is 9.84 Å². The Bertz CT molecular complexity index is 723. The molecule has 2 heterocycles. The maximum absolute atomic E-state index is 12.7.